The molecule has 0 unspecified atom stereocenters. The summed E-state index contributed by atoms with van der Waals surface area (Å²) in [7, 11) is 0. The topological polar surface area (TPSA) is 52.0 Å². The Morgan fingerprint density at radius 1 is 1.19 bits per heavy atom. The summed E-state index contributed by atoms with van der Waals surface area (Å²) >= 11 is 0. The minimum Gasteiger partial charge on any atom is -0.494 e. The number of aromatic nitrogens is 3. The molecular formula is C16H24N4O. The van der Waals surface area contributed by atoms with Crippen molar-refractivity contribution in [1.29, 1.82) is 0 Å². The van der Waals surface area contributed by atoms with E-state index < -0.39 is 0 Å². The molecule has 5 heteroatoms. The van der Waals surface area contributed by atoms with Crippen LogP contribution < -0.4 is 10.1 Å². The molecule has 0 bridgehead atoms. The molecule has 0 atom stereocenters. The van der Waals surface area contributed by atoms with Crippen molar-refractivity contribution in [2.75, 3.05) is 13.2 Å². The number of nitrogens with one attached hydrogen (secondary N) is 1. The van der Waals surface area contributed by atoms with Crippen molar-refractivity contribution in [2.24, 2.45) is 0 Å². The van der Waals surface area contributed by atoms with Gasteiger partial charge in [-0.2, -0.15) is 0 Å². The monoisotopic (exact) mass is 288 g/mol. The highest BCUT2D eigenvalue weighted by atomic mass is 16.5. The standard InChI is InChI=1S/C16H24N4O/c1-4-17-11-15-12-20(19-18-15)6-5-7-21-16-9-13(2)8-14(3)10-16/h8-10,12,17H,4-7,11H2,1-3H3. The smallest absolute Gasteiger partial charge is 0.119 e. The van der Waals surface area contributed by atoms with Gasteiger partial charge < -0.3 is 10.1 Å². The number of aryl methyl sites for hydroxylation is 3. The van der Waals surface area contributed by atoms with Crippen LogP contribution in [0.4, 0.5) is 0 Å². The Hall–Kier alpha value is -1.88. The minimum atomic E-state index is 0.686. The lowest BCUT2D eigenvalue weighted by Crippen LogP contribution is -2.11. The van der Waals surface area contributed by atoms with Crippen LogP contribution in [0, 0.1) is 13.8 Å². The number of nitrogens with zero attached hydrogens (tertiary/aromatic N) is 3. The number of benzene rings is 1. The molecule has 1 aromatic heterocycles. The second-order valence-electron chi connectivity index (χ2n) is 5.28. The Kier molecular flexibility index (Phi) is 5.75. The van der Waals surface area contributed by atoms with Gasteiger partial charge in [0, 0.05) is 25.7 Å². The molecule has 5 nitrogen and oxygen atoms in total. The first-order chi connectivity index (χ1) is 10.2. The van der Waals surface area contributed by atoms with Crippen LogP contribution in [0.1, 0.15) is 30.2 Å². The molecule has 0 aliphatic rings. The normalized spacial score (nSPS) is 10.8. The van der Waals surface area contributed by atoms with Gasteiger partial charge in [-0.05, 0) is 43.7 Å². The lowest BCUT2D eigenvalue weighted by molar-refractivity contribution is 0.297. The summed E-state index contributed by atoms with van der Waals surface area (Å²) in [5.74, 6) is 0.943. The third-order valence-corrected chi connectivity index (χ3v) is 3.14. The maximum atomic E-state index is 5.79. The summed E-state index contributed by atoms with van der Waals surface area (Å²) in [6.45, 7) is 9.47. The molecule has 1 heterocycles. The van der Waals surface area contributed by atoms with E-state index >= 15 is 0 Å². The summed E-state index contributed by atoms with van der Waals surface area (Å²) in [5.41, 5.74) is 3.44. The molecule has 1 N–H and O–H groups in total. The fraction of sp³-hybridized carbons (Fsp3) is 0.500. The van der Waals surface area contributed by atoms with E-state index in [4.69, 9.17) is 4.74 Å². The predicted molar refractivity (Wildman–Crippen MR) is 83.4 cm³/mol. The van der Waals surface area contributed by atoms with Crippen molar-refractivity contribution in [2.45, 2.75) is 40.3 Å². The highest BCUT2D eigenvalue weighted by Gasteiger charge is 2.01. The third-order valence-electron chi connectivity index (χ3n) is 3.14. The molecule has 0 aliphatic carbocycles. The van der Waals surface area contributed by atoms with E-state index in [0.717, 1.165) is 37.5 Å². The van der Waals surface area contributed by atoms with Crippen LogP contribution in [-0.2, 0) is 13.1 Å². The summed E-state index contributed by atoms with van der Waals surface area (Å²) in [6, 6.07) is 6.28. The molecule has 2 rings (SSSR count). The van der Waals surface area contributed by atoms with Gasteiger partial charge in [-0.3, -0.25) is 4.68 Å². The molecule has 0 saturated heterocycles. The van der Waals surface area contributed by atoms with Gasteiger partial charge in [-0.1, -0.05) is 18.2 Å². The van der Waals surface area contributed by atoms with E-state index in [9.17, 15) is 0 Å². The van der Waals surface area contributed by atoms with Gasteiger partial charge in [0.2, 0.25) is 0 Å². The molecule has 1 aromatic carbocycles. The first-order valence-electron chi connectivity index (χ1n) is 7.48. The molecule has 0 fully saturated rings. The van der Waals surface area contributed by atoms with Gasteiger partial charge in [-0.25, -0.2) is 0 Å². The molecular weight excluding hydrogens is 264 g/mol. The molecule has 21 heavy (non-hydrogen) atoms. The number of ether oxygens (including phenoxy) is 1. The molecule has 0 aliphatic heterocycles. The van der Waals surface area contributed by atoms with Crippen molar-refractivity contribution in [1.82, 2.24) is 20.3 Å². The summed E-state index contributed by atoms with van der Waals surface area (Å²) in [5, 5.41) is 11.5. The van der Waals surface area contributed by atoms with Crippen LogP contribution in [0.15, 0.2) is 24.4 Å². The van der Waals surface area contributed by atoms with Crippen LogP contribution >= 0.6 is 0 Å². The third kappa shape index (κ3) is 5.19. The largest absolute Gasteiger partial charge is 0.494 e. The zero-order valence-corrected chi connectivity index (χ0v) is 13.1. The lowest BCUT2D eigenvalue weighted by Gasteiger charge is -2.08. The maximum Gasteiger partial charge on any atom is 0.119 e. The zero-order chi connectivity index (χ0) is 15.1. The Morgan fingerprint density at radius 2 is 1.95 bits per heavy atom. The second-order valence-corrected chi connectivity index (χ2v) is 5.28. The predicted octanol–water partition coefficient (Wildman–Crippen LogP) is 2.47. The number of hydrogen-bond acceptors (Lipinski definition) is 4. The van der Waals surface area contributed by atoms with E-state index in [-0.39, 0.29) is 0 Å². The Labute approximate surface area is 126 Å². The van der Waals surface area contributed by atoms with E-state index in [1.165, 1.54) is 11.1 Å². The SMILES string of the molecule is CCNCc1cn(CCCOc2cc(C)cc(C)c2)nn1. The first kappa shape index (κ1) is 15.5. The highest BCUT2D eigenvalue weighted by molar-refractivity contribution is 5.32. The van der Waals surface area contributed by atoms with Gasteiger partial charge in [0.25, 0.3) is 0 Å². The summed E-state index contributed by atoms with van der Waals surface area (Å²) < 4.78 is 7.66. The summed E-state index contributed by atoms with van der Waals surface area (Å²) in [4.78, 5) is 0. The van der Waals surface area contributed by atoms with E-state index in [1.54, 1.807) is 0 Å². The quantitative estimate of drug-likeness (QED) is 0.758. The fourth-order valence-electron chi connectivity index (χ4n) is 2.21. The van der Waals surface area contributed by atoms with Crippen molar-refractivity contribution in [3.63, 3.8) is 0 Å². The van der Waals surface area contributed by atoms with Crippen LogP contribution in [0.2, 0.25) is 0 Å². The maximum absolute atomic E-state index is 5.79. The highest BCUT2D eigenvalue weighted by Crippen LogP contribution is 2.16. The van der Waals surface area contributed by atoms with Gasteiger partial charge in [0.05, 0.1) is 12.3 Å². The van der Waals surface area contributed by atoms with Gasteiger partial charge in [-0.15, -0.1) is 5.10 Å². The Bertz CT molecular complexity index is 545. The minimum absolute atomic E-state index is 0.686. The Balaban J connectivity index is 1.73. The molecule has 2 aromatic rings. The molecule has 114 valence electrons. The van der Waals surface area contributed by atoms with Gasteiger partial charge >= 0.3 is 0 Å². The first-order valence-corrected chi connectivity index (χ1v) is 7.48. The van der Waals surface area contributed by atoms with E-state index in [0.29, 0.717) is 6.61 Å². The lowest BCUT2D eigenvalue weighted by atomic mass is 10.1. The van der Waals surface area contributed by atoms with Crippen molar-refractivity contribution >= 4 is 0 Å². The molecule has 0 spiro atoms. The molecule has 0 amide bonds. The fourth-order valence-corrected chi connectivity index (χ4v) is 2.21. The van der Waals surface area contributed by atoms with Crippen LogP contribution in [0.5, 0.6) is 5.75 Å². The van der Waals surface area contributed by atoms with Crippen molar-refractivity contribution < 1.29 is 4.74 Å². The number of rotatable bonds is 8. The van der Waals surface area contributed by atoms with Crippen molar-refractivity contribution in [3.05, 3.63) is 41.2 Å². The zero-order valence-electron chi connectivity index (χ0n) is 13.1. The van der Waals surface area contributed by atoms with E-state index in [2.05, 4.69) is 54.6 Å². The average molecular weight is 288 g/mol. The van der Waals surface area contributed by atoms with Gasteiger partial charge in [0.1, 0.15) is 5.75 Å². The molecule has 0 saturated carbocycles. The molecule has 0 radical (unpaired) electrons. The van der Waals surface area contributed by atoms with Gasteiger partial charge in [0.15, 0.2) is 0 Å². The van der Waals surface area contributed by atoms with Crippen molar-refractivity contribution in [3.8, 4) is 5.75 Å². The number of hydrogen-bond donors (Lipinski definition) is 1. The Morgan fingerprint density at radius 3 is 2.67 bits per heavy atom. The van der Waals surface area contributed by atoms with Crippen LogP contribution in [-0.4, -0.2) is 28.1 Å². The van der Waals surface area contributed by atoms with Crippen LogP contribution in [0.3, 0.4) is 0 Å². The second kappa shape index (κ2) is 7.78. The summed E-state index contributed by atoms with van der Waals surface area (Å²) in [6.07, 6.45) is 2.90. The average Bonchev–Trinajstić information content (AvgIpc) is 2.88. The van der Waals surface area contributed by atoms with E-state index in [1.807, 2.05) is 10.9 Å². The van der Waals surface area contributed by atoms with Crippen LogP contribution in [0.25, 0.3) is 0 Å².